The number of halogens is 2. The zero-order chi connectivity index (χ0) is 16.0. The van der Waals surface area contributed by atoms with Gasteiger partial charge in [-0.1, -0.05) is 0 Å². The maximum atomic E-state index is 13.1. The number of hydrogen-bond donors (Lipinski definition) is 1. The predicted octanol–water partition coefficient (Wildman–Crippen LogP) is -0.881. The van der Waals surface area contributed by atoms with Gasteiger partial charge < -0.3 is 14.0 Å². The molecule has 0 aliphatic carbocycles. The highest BCUT2D eigenvalue weighted by Gasteiger charge is 2.59. The minimum atomic E-state index is -6.01. The SMILES string of the molecule is O=C(OC1C2CCC(O2)C1OS(=O)[O-])C(F)(F)S(=O)(=O)O. The largest absolute Gasteiger partial charge is 0.750 e. The van der Waals surface area contributed by atoms with Gasteiger partial charge >= 0.3 is 21.3 Å². The lowest BCUT2D eigenvalue weighted by molar-refractivity contribution is -0.173. The van der Waals surface area contributed by atoms with Gasteiger partial charge in [0.15, 0.2) is 6.10 Å². The summed E-state index contributed by atoms with van der Waals surface area (Å²) in [6.45, 7) is 0. The molecule has 13 heteroatoms. The highest BCUT2D eigenvalue weighted by Crippen LogP contribution is 2.39. The van der Waals surface area contributed by atoms with Crippen LogP contribution in [0.4, 0.5) is 8.78 Å². The third-order valence-corrected chi connectivity index (χ3v) is 4.33. The van der Waals surface area contributed by atoms with E-state index in [2.05, 4.69) is 8.92 Å². The Morgan fingerprint density at radius 3 is 2.33 bits per heavy atom. The molecule has 21 heavy (non-hydrogen) atoms. The topological polar surface area (TPSA) is 139 Å². The normalized spacial score (nSPS) is 33.9. The van der Waals surface area contributed by atoms with Crippen molar-refractivity contribution in [3.8, 4) is 0 Å². The van der Waals surface area contributed by atoms with Gasteiger partial charge in [-0.05, 0) is 12.8 Å². The molecule has 2 aliphatic heterocycles. The molecule has 122 valence electrons. The number of esters is 1. The molecular weight excluding hydrogens is 342 g/mol. The molecule has 2 bridgehead atoms. The number of fused-ring (bicyclic) bond motifs is 2. The Hall–Kier alpha value is -0.730. The Morgan fingerprint density at radius 1 is 1.33 bits per heavy atom. The molecule has 2 saturated heterocycles. The Bertz CT molecular complexity index is 562. The van der Waals surface area contributed by atoms with Crippen LogP contribution >= 0.6 is 0 Å². The van der Waals surface area contributed by atoms with Crippen molar-refractivity contribution in [2.45, 2.75) is 42.5 Å². The standard InChI is InChI=1S/C8H10F2O9S2/c9-8(10,21(14,15)16)7(11)18-5-3-1-2-4(17-3)6(5)19-20(12)13/h3-6H,1-2H2,(H,12,13)(H,14,15,16)/p-1. The van der Waals surface area contributed by atoms with Gasteiger partial charge in [0.25, 0.3) is 0 Å². The average Bonchev–Trinajstić information content (AvgIpc) is 2.90. The van der Waals surface area contributed by atoms with Crippen molar-refractivity contribution in [1.82, 2.24) is 0 Å². The van der Waals surface area contributed by atoms with E-state index in [1.165, 1.54) is 0 Å². The lowest BCUT2D eigenvalue weighted by Gasteiger charge is -2.28. The van der Waals surface area contributed by atoms with Crippen LogP contribution in [0, 0.1) is 0 Å². The van der Waals surface area contributed by atoms with Crippen LogP contribution < -0.4 is 0 Å². The zero-order valence-corrected chi connectivity index (χ0v) is 11.6. The van der Waals surface area contributed by atoms with Crippen LogP contribution in [0.15, 0.2) is 0 Å². The number of carbonyl (C=O) groups excluding carboxylic acids is 1. The summed E-state index contributed by atoms with van der Waals surface area (Å²) >= 11 is -3.01. The van der Waals surface area contributed by atoms with E-state index in [0.717, 1.165) is 0 Å². The van der Waals surface area contributed by atoms with Crippen molar-refractivity contribution in [3.63, 3.8) is 0 Å². The smallest absolute Gasteiger partial charge is 0.465 e. The van der Waals surface area contributed by atoms with Crippen LogP contribution in [0.25, 0.3) is 0 Å². The summed E-state index contributed by atoms with van der Waals surface area (Å²) in [6, 6.07) is 0. The van der Waals surface area contributed by atoms with Gasteiger partial charge in [-0.25, -0.2) is 9.00 Å². The van der Waals surface area contributed by atoms with Crippen LogP contribution in [-0.4, -0.2) is 57.4 Å². The second-order valence-electron chi connectivity index (χ2n) is 4.42. The highest BCUT2D eigenvalue weighted by molar-refractivity contribution is 7.87. The quantitative estimate of drug-likeness (QED) is 0.380. The van der Waals surface area contributed by atoms with E-state index in [1.54, 1.807) is 0 Å². The van der Waals surface area contributed by atoms with Gasteiger partial charge in [0.2, 0.25) is 0 Å². The third-order valence-electron chi connectivity index (χ3n) is 3.14. The first kappa shape index (κ1) is 16.6. The molecule has 0 aromatic heterocycles. The van der Waals surface area contributed by atoms with Crippen molar-refractivity contribution in [1.29, 1.82) is 0 Å². The molecule has 0 aromatic rings. The Balaban J connectivity index is 2.14. The highest BCUT2D eigenvalue weighted by atomic mass is 32.2. The minimum Gasteiger partial charge on any atom is -0.750 e. The lowest BCUT2D eigenvalue weighted by Crippen LogP contribution is -2.47. The van der Waals surface area contributed by atoms with Gasteiger partial charge in [0.05, 0.1) is 23.6 Å². The first-order valence-electron chi connectivity index (χ1n) is 5.52. The fourth-order valence-corrected chi connectivity index (χ4v) is 2.92. The Kier molecular flexibility index (Phi) is 4.34. The van der Waals surface area contributed by atoms with Gasteiger partial charge in [-0.2, -0.15) is 17.2 Å². The molecule has 5 unspecified atom stereocenters. The van der Waals surface area contributed by atoms with Crippen molar-refractivity contribution >= 4 is 27.4 Å². The molecule has 0 spiro atoms. The van der Waals surface area contributed by atoms with E-state index in [1.807, 2.05) is 0 Å². The summed E-state index contributed by atoms with van der Waals surface area (Å²) in [4.78, 5) is 11.2. The summed E-state index contributed by atoms with van der Waals surface area (Å²) in [6.07, 6.45) is -3.85. The second-order valence-corrected chi connectivity index (χ2v) is 6.48. The van der Waals surface area contributed by atoms with Crippen molar-refractivity contribution in [2.75, 3.05) is 0 Å². The number of hydrogen-bond acceptors (Lipinski definition) is 8. The summed E-state index contributed by atoms with van der Waals surface area (Å²) in [5.41, 5.74) is 0. The third kappa shape index (κ3) is 3.07. The van der Waals surface area contributed by atoms with E-state index in [9.17, 15) is 30.8 Å². The van der Waals surface area contributed by atoms with Gasteiger partial charge in [-0.3, -0.25) is 8.74 Å². The number of alkyl halides is 2. The van der Waals surface area contributed by atoms with E-state index in [-0.39, 0.29) is 0 Å². The maximum absolute atomic E-state index is 13.1. The number of rotatable bonds is 5. The molecule has 5 atom stereocenters. The van der Waals surface area contributed by atoms with Crippen molar-refractivity contribution < 1.29 is 49.0 Å². The molecule has 0 amide bonds. The Labute approximate surface area is 119 Å². The van der Waals surface area contributed by atoms with Crippen molar-refractivity contribution in [3.05, 3.63) is 0 Å². The summed E-state index contributed by atoms with van der Waals surface area (Å²) in [7, 11) is -6.01. The molecule has 0 radical (unpaired) electrons. The van der Waals surface area contributed by atoms with E-state index in [4.69, 9.17) is 9.29 Å². The first-order valence-corrected chi connectivity index (χ1v) is 7.96. The van der Waals surface area contributed by atoms with Gasteiger partial charge in [0.1, 0.15) is 6.10 Å². The molecular formula is C8H9F2O9S2-. The molecule has 9 nitrogen and oxygen atoms in total. The zero-order valence-electron chi connectivity index (χ0n) is 10.0. The van der Waals surface area contributed by atoms with Crippen LogP contribution in [0.3, 0.4) is 0 Å². The molecule has 2 rings (SSSR count). The fraction of sp³-hybridized carbons (Fsp3) is 0.875. The molecule has 2 heterocycles. The molecule has 2 aliphatic rings. The number of carbonyl (C=O) groups is 1. The second kappa shape index (κ2) is 5.48. The molecule has 2 fully saturated rings. The summed E-state index contributed by atoms with van der Waals surface area (Å²) < 4.78 is 90.3. The molecule has 0 aromatic carbocycles. The maximum Gasteiger partial charge on any atom is 0.465 e. The lowest BCUT2D eigenvalue weighted by atomic mass is 9.95. The first-order chi connectivity index (χ1) is 9.54. The van der Waals surface area contributed by atoms with E-state index >= 15 is 0 Å². The van der Waals surface area contributed by atoms with E-state index in [0.29, 0.717) is 12.8 Å². The van der Waals surface area contributed by atoms with Gasteiger partial charge in [-0.15, -0.1) is 0 Å². The van der Waals surface area contributed by atoms with Crippen LogP contribution in [0.1, 0.15) is 12.8 Å². The predicted molar refractivity (Wildman–Crippen MR) is 58.1 cm³/mol. The fourth-order valence-electron chi connectivity index (χ4n) is 2.24. The monoisotopic (exact) mass is 351 g/mol. The average molecular weight is 351 g/mol. The molecule has 1 N–H and O–H groups in total. The summed E-state index contributed by atoms with van der Waals surface area (Å²) in [5.74, 6) is -2.53. The number of ether oxygens (including phenoxy) is 2. The summed E-state index contributed by atoms with van der Waals surface area (Å²) in [5, 5.41) is -5.17. The van der Waals surface area contributed by atoms with Crippen molar-refractivity contribution in [2.24, 2.45) is 0 Å². The van der Waals surface area contributed by atoms with Crippen LogP contribution in [0.2, 0.25) is 0 Å². The minimum absolute atomic E-state index is 0.297. The van der Waals surface area contributed by atoms with Crippen LogP contribution in [-0.2, 0) is 39.9 Å². The van der Waals surface area contributed by atoms with Crippen LogP contribution in [0.5, 0.6) is 0 Å². The van der Waals surface area contributed by atoms with E-state index < -0.39 is 57.1 Å². The van der Waals surface area contributed by atoms with Gasteiger partial charge in [0, 0.05) is 0 Å². The molecule has 0 saturated carbocycles. The Morgan fingerprint density at radius 2 is 1.86 bits per heavy atom.